The molecule has 0 radical (unpaired) electrons. The third-order valence-electron chi connectivity index (χ3n) is 3.09. The number of aromatic amines is 1. The second kappa shape index (κ2) is 3.71. The standard InChI is InChI=1S/C12H19N3O/c1-12(2,13)9-6-8-7-15(3)5-4-10(8)14-11(9)16/h6H,4-5,7,13H2,1-3H3,(H,14,16). The fraction of sp³-hybridized carbons (Fsp3) is 0.583. The van der Waals surface area contributed by atoms with Crippen LogP contribution in [0.25, 0.3) is 0 Å². The second-order valence-electron chi connectivity index (χ2n) is 5.23. The van der Waals surface area contributed by atoms with Crippen molar-refractivity contribution in [1.82, 2.24) is 9.88 Å². The van der Waals surface area contributed by atoms with Crippen LogP contribution in [0.5, 0.6) is 0 Å². The third kappa shape index (κ3) is 2.03. The summed E-state index contributed by atoms with van der Waals surface area (Å²) in [6, 6.07) is 1.96. The lowest BCUT2D eigenvalue weighted by atomic mass is 9.93. The van der Waals surface area contributed by atoms with E-state index >= 15 is 0 Å². The van der Waals surface area contributed by atoms with Crippen molar-refractivity contribution in [2.75, 3.05) is 13.6 Å². The number of H-pyrrole nitrogens is 1. The highest BCUT2D eigenvalue weighted by atomic mass is 16.1. The van der Waals surface area contributed by atoms with Gasteiger partial charge in [-0.3, -0.25) is 4.79 Å². The van der Waals surface area contributed by atoms with E-state index in [4.69, 9.17) is 5.73 Å². The van der Waals surface area contributed by atoms with Crippen molar-refractivity contribution >= 4 is 0 Å². The summed E-state index contributed by atoms with van der Waals surface area (Å²) in [7, 11) is 2.08. The molecule has 0 aromatic carbocycles. The second-order valence-corrected chi connectivity index (χ2v) is 5.23. The van der Waals surface area contributed by atoms with E-state index in [-0.39, 0.29) is 5.56 Å². The van der Waals surface area contributed by atoms with Crippen LogP contribution in [0.1, 0.15) is 30.7 Å². The zero-order chi connectivity index (χ0) is 11.9. The van der Waals surface area contributed by atoms with E-state index in [1.807, 2.05) is 19.9 Å². The van der Waals surface area contributed by atoms with Gasteiger partial charge in [0, 0.05) is 36.3 Å². The normalized spacial score (nSPS) is 17.2. The minimum atomic E-state index is -0.585. The SMILES string of the molecule is CN1CCc2[nH]c(=O)c(C(C)(C)N)cc2C1. The first kappa shape index (κ1) is 11.4. The van der Waals surface area contributed by atoms with Crippen molar-refractivity contribution in [3.63, 3.8) is 0 Å². The maximum Gasteiger partial charge on any atom is 0.253 e. The highest BCUT2D eigenvalue weighted by Gasteiger charge is 2.22. The van der Waals surface area contributed by atoms with Gasteiger partial charge in [-0.05, 0) is 32.5 Å². The first-order valence-corrected chi connectivity index (χ1v) is 5.61. The van der Waals surface area contributed by atoms with Gasteiger partial charge in [-0.25, -0.2) is 0 Å². The summed E-state index contributed by atoms with van der Waals surface area (Å²) in [4.78, 5) is 17.1. The van der Waals surface area contributed by atoms with Crippen LogP contribution in [0.2, 0.25) is 0 Å². The largest absolute Gasteiger partial charge is 0.326 e. The molecular formula is C12H19N3O. The number of aromatic nitrogens is 1. The molecule has 2 rings (SSSR count). The molecule has 2 heterocycles. The number of hydrogen-bond acceptors (Lipinski definition) is 3. The maximum absolute atomic E-state index is 11.9. The monoisotopic (exact) mass is 221 g/mol. The summed E-state index contributed by atoms with van der Waals surface area (Å²) in [6.07, 6.45) is 0.909. The summed E-state index contributed by atoms with van der Waals surface area (Å²) in [5.41, 5.74) is 8.29. The zero-order valence-electron chi connectivity index (χ0n) is 10.1. The number of likely N-dealkylation sites (N-methyl/N-ethyl adjacent to an activating group) is 1. The van der Waals surface area contributed by atoms with Crippen molar-refractivity contribution < 1.29 is 0 Å². The van der Waals surface area contributed by atoms with Gasteiger partial charge in [0.15, 0.2) is 0 Å². The molecule has 0 saturated carbocycles. The average Bonchev–Trinajstić information content (AvgIpc) is 2.16. The van der Waals surface area contributed by atoms with E-state index in [9.17, 15) is 4.79 Å². The third-order valence-corrected chi connectivity index (χ3v) is 3.09. The molecule has 0 atom stereocenters. The molecule has 1 aliphatic rings. The number of nitrogens with zero attached hydrogens (tertiary/aromatic N) is 1. The van der Waals surface area contributed by atoms with Crippen molar-refractivity contribution in [3.8, 4) is 0 Å². The summed E-state index contributed by atoms with van der Waals surface area (Å²) in [5, 5.41) is 0. The first-order valence-electron chi connectivity index (χ1n) is 5.61. The molecule has 16 heavy (non-hydrogen) atoms. The molecule has 0 amide bonds. The van der Waals surface area contributed by atoms with Crippen LogP contribution >= 0.6 is 0 Å². The summed E-state index contributed by atoms with van der Waals surface area (Å²) in [5.74, 6) is 0. The van der Waals surface area contributed by atoms with Gasteiger partial charge < -0.3 is 15.6 Å². The lowest BCUT2D eigenvalue weighted by Gasteiger charge is -2.27. The molecular weight excluding hydrogens is 202 g/mol. The van der Waals surface area contributed by atoms with E-state index < -0.39 is 5.54 Å². The van der Waals surface area contributed by atoms with E-state index in [0.717, 1.165) is 25.2 Å². The number of nitrogens with one attached hydrogen (secondary N) is 1. The minimum Gasteiger partial charge on any atom is -0.326 e. The molecule has 4 nitrogen and oxygen atoms in total. The van der Waals surface area contributed by atoms with Crippen molar-refractivity contribution in [2.45, 2.75) is 32.4 Å². The van der Waals surface area contributed by atoms with Gasteiger partial charge in [-0.1, -0.05) is 0 Å². The zero-order valence-corrected chi connectivity index (χ0v) is 10.1. The van der Waals surface area contributed by atoms with Crippen molar-refractivity contribution in [2.24, 2.45) is 5.73 Å². The van der Waals surface area contributed by atoms with Gasteiger partial charge in [-0.2, -0.15) is 0 Å². The molecule has 4 heteroatoms. The fourth-order valence-corrected chi connectivity index (χ4v) is 2.13. The fourth-order valence-electron chi connectivity index (χ4n) is 2.13. The number of rotatable bonds is 1. The molecule has 0 fully saturated rings. The van der Waals surface area contributed by atoms with Crippen molar-refractivity contribution in [3.05, 3.63) is 33.2 Å². The Morgan fingerprint density at radius 2 is 2.19 bits per heavy atom. The molecule has 0 saturated heterocycles. The van der Waals surface area contributed by atoms with Crippen LogP contribution < -0.4 is 11.3 Å². The Bertz CT molecular complexity index is 456. The Morgan fingerprint density at radius 1 is 1.50 bits per heavy atom. The summed E-state index contributed by atoms with van der Waals surface area (Å²) < 4.78 is 0. The lowest BCUT2D eigenvalue weighted by molar-refractivity contribution is 0.309. The summed E-state index contributed by atoms with van der Waals surface area (Å²) in [6.45, 7) is 5.59. The molecule has 0 bridgehead atoms. The average molecular weight is 221 g/mol. The van der Waals surface area contributed by atoms with Gasteiger partial charge in [0.05, 0.1) is 0 Å². The lowest BCUT2D eigenvalue weighted by Crippen LogP contribution is -2.38. The van der Waals surface area contributed by atoms with Gasteiger partial charge in [0.1, 0.15) is 0 Å². The molecule has 1 aromatic heterocycles. The highest BCUT2D eigenvalue weighted by molar-refractivity contribution is 5.30. The predicted molar refractivity (Wildman–Crippen MR) is 64.3 cm³/mol. The molecule has 3 N–H and O–H groups in total. The molecule has 88 valence electrons. The Labute approximate surface area is 95.5 Å². The van der Waals surface area contributed by atoms with E-state index in [1.165, 1.54) is 5.56 Å². The van der Waals surface area contributed by atoms with Crippen LogP contribution in [0.15, 0.2) is 10.9 Å². The topological polar surface area (TPSA) is 62.1 Å². The Morgan fingerprint density at radius 3 is 2.81 bits per heavy atom. The molecule has 0 spiro atoms. The molecule has 0 unspecified atom stereocenters. The Balaban J connectivity index is 2.52. The smallest absolute Gasteiger partial charge is 0.253 e. The van der Waals surface area contributed by atoms with Gasteiger partial charge >= 0.3 is 0 Å². The summed E-state index contributed by atoms with van der Waals surface area (Å²) >= 11 is 0. The number of pyridine rings is 1. The quantitative estimate of drug-likeness (QED) is 0.728. The van der Waals surface area contributed by atoms with E-state index in [0.29, 0.717) is 5.56 Å². The number of fused-ring (bicyclic) bond motifs is 1. The Kier molecular flexibility index (Phi) is 2.64. The van der Waals surface area contributed by atoms with Crippen LogP contribution in [-0.4, -0.2) is 23.5 Å². The van der Waals surface area contributed by atoms with Gasteiger partial charge in [0.2, 0.25) is 0 Å². The molecule has 1 aromatic rings. The number of nitrogens with two attached hydrogens (primary N) is 1. The van der Waals surface area contributed by atoms with E-state index in [2.05, 4.69) is 16.9 Å². The molecule has 0 aliphatic carbocycles. The minimum absolute atomic E-state index is 0.0456. The van der Waals surface area contributed by atoms with Crippen molar-refractivity contribution in [1.29, 1.82) is 0 Å². The van der Waals surface area contributed by atoms with Gasteiger partial charge in [-0.15, -0.1) is 0 Å². The van der Waals surface area contributed by atoms with Crippen LogP contribution in [0.3, 0.4) is 0 Å². The predicted octanol–water partition coefficient (Wildman–Crippen LogP) is 0.557. The van der Waals surface area contributed by atoms with Gasteiger partial charge in [0.25, 0.3) is 5.56 Å². The maximum atomic E-state index is 11.9. The van der Waals surface area contributed by atoms with Crippen LogP contribution in [-0.2, 0) is 18.5 Å². The highest BCUT2D eigenvalue weighted by Crippen LogP contribution is 2.19. The van der Waals surface area contributed by atoms with E-state index in [1.54, 1.807) is 0 Å². The van der Waals surface area contributed by atoms with Crippen LogP contribution in [0.4, 0.5) is 0 Å². The Hall–Kier alpha value is -1.13. The number of hydrogen-bond donors (Lipinski definition) is 2. The molecule has 1 aliphatic heterocycles. The van der Waals surface area contributed by atoms with Crippen LogP contribution in [0, 0.1) is 0 Å². The first-order chi connectivity index (χ1) is 7.38.